The van der Waals surface area contributed by atoms with Crippen LogP contribution >= 0.6 is 0 Å². The van der Waals surface area contributed by atoms with Crippen molar-refractivity contribution in [3.63, 3.8) is 0 Å². The number of anilines is 1. The number of carbonyl (C=O) groups excluding carboxylic acids is 1. The second-order valence-corrected chi connectivity index (χ2v) is 9.93. The van der Waals surface area contributed by atoms with Crippen molar-refractivity contribution in [2.24, 2.45) is 5.41 Å². The van der Waals surface area contributed by atoms with Crippen LogP contribution in [0.3, 0.4) is 0 Å². The number of benzene rings is 2. The molecule has 0 amide bonds. The van der Waals surface area contributed by atoms with Crippen molar-refractivity contribution in [2.75, 3.05) is 33.8 Å². The minimum atomic E-state index is -0.412. The van der Waals surface area contributed by atoms with E-state index in [-0.39, 0.29) is 11.2 Å². The molecule has 1 aromatic heterocycles. The molecule has 0 spiro atoms. The summed E-state index contributed by atoms with van der Waals surface area (Å²) in [6.45, 7) is 4.23. The molecule has 2 aromatic carbocycles. The molecule has 2 N–H and O–H groups in total. The molecule has 36 heavy (non-hydrogen) atoms. The number of aromatic nitrogens is 2. The number of ether oxygens (including phenoxy) is 4. The van der Waals surface area contributed by atoms with E-state index in [1.165, 1.54) is 0 Å². The van der Waals surface area contributed by atoms with Gasteiger partial charge < -0.3 is 24.3 Å². The third-order valence-electron chi connectivity index (χ3n) is 7.00. The summed E-state index contributed by atoms with van der Waals surface area (Å²) in [4.78, 5) is 13.7. The van der Waals surface area contributed by atoms with E-state index in [1.807, 2.05) is 30.3 Å². The summed E-state index contributed by atoms with van der Waals surface area (Å²) in [5, 5.41) is 11.3. The maximum Gasteiger partial charge on any atom is 0.164 e. The summed E-state index contributed by atoms with van der Waals surface area (Å²) in [5.74, 6) is 2.89. The third kappa shape index (κ3) is 3.86. The lowest BCUT2D eigenvalue weighted by molar-refractivity contribution is -0.118. The Labute approximate surface area is 210 Å². The fraction of sp³-hybridized carbons (Fsp3) is 0.357. The maximum absolute atomic E-state index is 13.7. The summed E-state index contributed by atoms with van der Waals surface area (Å²) >= 11 is 0. The molecule has 2 aliphatic rings. The van der Waals surface area contributed by atoms with E-state index < -0.39 is 5.92 Å². The zero-order valence-electron chi connectivity index (χ0n) is 21.4. The quantitative estimate of drug-likeness (QED) is 0.484. The van der Waals surface area contributed by atoms with E-state index in [2.05, 4.69) is 29.4 Å². The minimum absolute atomic E-state index is 0.114. The van der Waals surface area contributed by atoms with Crippen LogP contribution in [0.5, 0.6) is 23.0 Å². The predicted octanol–water partition coefficient (Wildman–Crippen LogP) is 5.31. The number of rotatable bonds is 6. The SMILES string of the molecule is COc1ccc(-c2[nH]nc3c2C(c2cc(OC)c(OC)cc2OC)C2=C(CC(C)(C)CC2=O)N3)cc1. The lowest BCUT2D eigenvalue weighted by Gasteiger charge is -2.38. The standard InChI is InChI=1S/C28H31N3O5/c1-28(2)13-18-24(19(32)14-28)23(17-11-21(35-5)22(36-6)12-20(17)34-4)25-26(30-31-27(25)29-18)15-7-9-16(33-3)10-8-15/h7-12,23H,13-14H2,1-6H3,(H2,29,30,31). The van der Waals surface area contributed by atoms with E-state index in [0.717, 1.165) is 45.8 Å². The zero-order valence-corrected chi connectivity index (χ0v) is 21.4. The van der Waals surface area contributed by atoms with Crippen molar-refractivity contribution >= 4 is 11.6 Å². The summed E-state index contributed by atoms with van der Waals surface area (Å²) in [7, 11) is 6.44. The number of allylic oxidation sites excluding steroid dienone is 2. The minimum Gasteiger partial charge on any atom is -0.497 e. The number of aromatic amines is 1. The van der Waals surface area contributed by atoms with Gasteiger partial charge in [0, 0.05) is 46.4 Å². The topological polar surface area (TPSA) is 94.7 Å². The van der Waals surface area contributed by atoms with Gasteiger partial charge in [0.05, 0.1) is 34.1 Å². The largest absolute Gasteiger partial charge is 0.497 e. The Hall–Kier alpha value is -3.94. The van der Waals surface area contributed by atoms with Crippen LogP contribution in [0.1, 0.15) is 43.7 Å². The molecule has 8 heteroatoms. The van der Waals surface area contributed by atoms with E-state index >= 15 is 0 Å². The molecule has 0 bridgehead atoms. The van der Waals surface area contributed by atoms with Gasteiger partial charge in [-0.25, -0.2) is 0 Å². The van der Waals surface area contributed by atoms with Gasteiger partial charge in [-0.15, -0.1) is 0 Å². The third-order valence-corrected chi connectivity index (χ3v) is 7.00. The number of nitrogens with zero attached hydrogens (tertiary/aromatic N) is 1. The number of Topliss-reactive ketones (excluding diaryl/α,β-unsaturated/α-hetero) is 1. The molecule has 1 atom stereocenters. The van der Waals surface area contributed by atoms with Gasteiger partial charge in [0.25, 0.3) is 0 Å². The predicted molar refractivity (Wildman–Crippen MR) is 137 cm³/mol. The summed E-state index contributed by atoms with van der Waals surface area (Å²) in [6.07, 6.45) is 1.20. The number of carbonyl (C=O) groups is 1. The highest BCUT2D eigenvalue weighted by Gasteiger charge is 2.44. The molecule has 0 radical (unpaired) electrons. The highest BCUT2D eigenvalue weighted by molar-refractivity contribution is 6.02. The van der Waals surface area contributed by atoms with Gasteiger partial charge in [0.2, 0.25) is 0 Å². The average Bonchev–Trinajstić information content (AvgIpc) is 3.29. The van der Waals surface area contributed by atoms with Crippen molar-refractivity contribution in [3.8, 4) is 34.3 Å². The van der Waals surface area contributed by atoms with Crippen molar-refractivity contribution in [2.45, 2.75) is 32.6 Å². The van der Waals surface area contributed by atoms with Gasteiger partial charge >= 0.3 is 0 Å². The molecule has 8 nitrogen and oxygen atoms in total. The molecule has 5 rings (SSSR count). The lowest BCUT2D eigenvalue weighted by Crippen LogP contribution is -2.33. The van der Waals surface area contributed by atoms with Gasteiger partial charge in [0.15, 0.2) is 23.1 Å². The van der Waals surface area contributed by atoms with Crippen LogP contribution in [0, 0.1) is 5.41 Å². The Morgan fingerprint density at radius 3 is 2.19 bits per heavy atom. The number of hydrogen-bond donors (Lipinski definition) is 2. The molecule has 0 saturated carbocycles. The van der Waals surface area contributed by atoms with Crippen molar-refractivity contribution in [1.82, 2.24) is 10.2 Å². The fourth-order valence-corrected chi connectivity index (χ4v) is 5.36. The molecule has 0 fully saturated rings. The molecular formula is C28H31N3O5. The number of H-pyrrole nitrogens is 1. The van der Waals surface area contributed by atoms with Gasteiger partial charge in [-0.1, -0.05) is 13.8 Å². The number of methoxy groups -OCH3 is 4. The maximum atomic E-state index is 13.7. The van der Waals surface area contributed by atoms with E-state index in [0.29, 0.717) is 29.5 Å². The first-order valence-electron chi connectivity index (χ1n) is 11.9. The normalized spacial score (nSPS) is 18.2. The van der Waals surface area contributed by atoms with Gasteiger partial charge in [-0.2, -0.15) is 5.10 Å². The Morgan fingerprint density at radius 1 is 0.889 bits per heavy atom. The molecule has 0 saturated heterocycles. The van der Waals surface area contributed by atoms with Crippen LogP contribution in [0.2, 0.25) is 0 Å². The van der Waals surface area contributed by atoms with Crippen LogP contribution in [0.4, 0.5) is 5.82 Å². The first kappa shape index (κ1) is 23.8. The van der Waals surface area contributed by atoms with Crippen LogP contribution in [0.25, 0.3) is 11.3 Å². The van der Waals surface area contributed by atoms with Crippen molar-refractivity contribution < 1.29 is 23.7 Å². The Bertz CT molecular complexity index is 1350. The number of ketones is 1. The second-order valence-electron chi connectivity index (χ2n) is 9.93. The second kappa shape index (κ2) is 8.93. The van der Waals surface area contributed by atoms with Crippen LogP contribution < -0.4 is 24.3 Å². The number of nitrogens with one attached hydrogen (secondary N) is 2. The lowest BCUT2D eigenvalue weighted by atomic mass is 9.68. The van der Waals surface area contributed by atoms with E-state index in [4.69, 9.17) is 18.9 Å². The van der Waals surface area contributed by atoms with Gasteiger partial charge in [0.1, 0.15) is 11.5 Å². The molecular weight excluding hydrogens is 458 g/mol. The van der Waals surface area contributed by atoms with Crippen molar-refractivity contribution in [1.29, 1.82) is 0 Å². The van der Waals surface area contributed by atoms with Crippen LogP contribution in [-0.2, 0) is 4.79 Å². The summed E-state index contributed by atoms with van der Waals surface area (Å²) < 4.78 is 22.3. The summed E-state index contributed by atoms with van der Waals surface area (Å²) in [6, 6.07) is 11.5. The number of fused-ring (bicyclic) bond motifs is 1. The van der Waals surface area contributed by atoms with Crippen LogP contribution in [-0.4, -0.2) is 44.4 Å². The highest BCUT2D eigenvalue weighted by atomic mass is 16.5. The summed E-state index contributed by atoms with van der Waals surface area (Å²) in [5.41, 5.74) is 4.95. The fourth-order valence-electron chi connectivity index (χ4n) is 5.36. The average molecular weight is 490 g/mol. The molecule has 1 aliphatic carbocycles. The van der Waals surface area contributed by atoms with E-state index in [1.54, 1.807) is 34.5 Å². The Balaban J connectivity index is 1.78. The molecule has 2 heterocycles. The van der Waals surface area contributed by atoms with Crippen LogP contribution in [0.15, 0.2) is 47.7 Å². The smallest absolute Gasteiger partial charge is 0.164 e. The van der Waals surface area contributed by atoms with Gasteiger partial charge in [-0.05, 0) is 42.2 Å². The monoisotopic (exact) mass is 489 g/mol. The first-order chi connectivity index (χ1) is 17.3. The van der Waals surface area contributed by atoms with E-state index in [9.17, 15) is 4.79 Å². The number of hydrogen-bond acceptors (Lipinski definition) is 7. The molecule has 1 unspecified atom stereocenters. The zero-order chi connectivity index (χ0) is 25.6. The highest BCUT2D eigenvalue weighted by Crippen LogP contribution is 2.53. The molecule has 188 valence electrons. The molecule has 1 aliphatic heterocycles. The van der Waals surface area contributed by atoms with Crippen molar-refractivity contribution in [3.05, 3.63) is 58.8 Å². The Morgan fingerprint density at radius 2 is 1.56 bits per heavy atom. The first-order valence-corrected chi connectivity index (χ1v) is 11.9. The van der Waals surface area contributed by atoms with Gasteiger partial charge in [-0.3, -0.25) is 9.89 Å². The Kier molecular flexibility index (Phi) is 5.90. The molecule has 3 aromatic rings.